The average Bonchev–Trinajstić information content (AvgIpc) is 2.92. The SMILES string of the molecule is c1ccc(-c2ccc(C3c4c(ccc5ccccc45)Oc4ccc5ccccc5c43)cc2)cc1. The Morgan fingerprint density at radius 3 is 1.50 bits per heavy atom. The number of hydrogen-bond acceptors (Lipinski definition) is 1. The quantitative estimate of drug-likeness (QED) is 0.264. The van der Waals surface area contributed by atoms with Gasteiger partial charge in [-0.25, -0.2) is 0 Å². The van der Waals surface area contributed by atoms with E-state index in [0.29, 0.717) is 0 Å². The molecule has 0 N–H and O–H groups in total. The standard InChI is InChI=1S/C33H22O/c1-2-8-22(9-3-1)23-14-16-26(17-15-23)31-32-27-12-6-4-10-24(27)18-20-29(32)34-30-21-19-25-11-5-7-13-28(25)33(30)31/h1-21,31H. The molecule has 0 atom stereocenters. The number of hydrogen-bond donors (Lipinski definition) is 0. The molecule has 34 heavy (non-hydrogen) atoms. The maximum absolute atomic E-state index is 6.54. The zero-order chi connectivity index (χ0) is 22.5. The lowest BCUT2D eigenvalue weighted by Crippen LogP contribution is -2.13. The van der Waals surface area contributed by atoms with Crippen LogP contribution >= 0.6 is 0 Å². The number of rotatable bonds is 2. The van der Waals surface area contributed by atoms with E-state index in [9.17, 15) is 0 Å². The van der Waals surface area contributed by atoms with Gasteiger partial charge in [-0.2, -0.15) is 0 Å². The Morgan fingerprint density at radius 2 is 0.912 bits per heavy atom. The fourth-order valence-corrected chi connectivity index (χ4v) is 5.42. The first kappa shape index (κ1) is 19.1. The predicted molar refractivity (Wildman–Crippen MR) is 141 cm³/mol. The van der Waals surface area contributed by atoms with Crippen LogP contribution in [0, 0.1) is 0 Å². The maximum Gasteiger partial charge on any atom is 0.132 e. The molecule has 6 aromatic rings. The van der Waals surface area contributed by atoms with Gasteiger partial charge in [-0.15, -0.1) is 0 Å². The van der Waals surface area contributed by atoms with Gasteiger partial charge in [0.2, 0.25) is 0 Å². The smallest absolute Gasteiger partial charge is 0.132 e. The summed E-state index contributed by atoms with van der Waals surface area (Å²) in [5.41, 5.74) is 6.23. The number of ether oxygens (including phenoxy) is 1. The molecule has 0 unspecified atom stereocenters. The third-order valence-corrected chi connectivity index (χ3v) is 7.01. The predicted octanol–water partition coefficient (Wildman–Crippen LogP) is 8.95. The van der Waals surface area contributed by atoms with Crippen LogP contribution in [-0.4, -0.2) is 0 Å². The van der Waals surface area contributed by atoms with Gasteiger partial charge in [0.05, 0.1) is 0 Å². The largest absolute Gasteiger partial charge is 0.457 e. The summed E-state index contributed by atoms with van der Waals surface area (Å²) in [6, 6.07) is 45.5. The van der Waals surface area contributed by atoms with Crippen molar-refractivity contribution in [1.29, 1.82) is 0 Å². The van der Waals surface area contributed by atoms with E-state index in [1.807, 2.05) is 0 Å². The van der Waals surface area contributed by atoms with Crippen molar-refractivity contribution in [3.8, 4) is 22.6 Å². The molecule has 1 aliphatic rings. The van der Waals surface area contributed by atoms with Gasteiger partial charge >= 0.3 is 0 Å². The Balaban J connectivity index is 1.51. The minimum Gasteiger partial charge on any atom is -0.457 e. The van der Waals surface area contributed by atoms with E-state index in [2.05, 4.69) is 127 Å². The molecule has 1 heteroatoms. The van der Waals surface area contributed by atoms with Gasteiger partial charge in [-0.1, -0.05) is 115 Å². The lowest BCUT2D eigenvalue weighted by Gasteiger charge is -2.31. The summed E-state index contributed by atoms with van der Waals surface area (Å²) in [6.07, 6.45) is 0. The van der Waals surface area contributed by atoms with Crippen LogP contribution in [0.5, 0.6) is 11.5 Å². The zero-order valence-electron chi connectivity index (χ0n) is 18.6. The summed E-state index contributed by atoms with van der Waals surface area (Å²) < 4.78 is 6.54. The summed E-state index contributed by atoms with van der Waals surface area (Å²) in [4.78, 5) is 0. The number of fused-ring (bicyclic) bond motifs is 6. The molecule has 0 fully saturated rings. The molecule has 0 aliphatic carbocycles. The molecule has 0 saturated carbocycles. The van der Waals surface area contributed by atoms with Crippen molar-refractivity contribution in [1.82, 2.24) is 0 Å². The Bertz CT molecular complexity index is 1580. The van der Waals surface area contributed by atoms with Crippen molar-refractivity contribution in [2.45, 2.75) is 5.92 Å². The summed E-state index contributed by atoms with van der Waals surface area (Å²) in [7, 11) is 0. The fourth-order valence-electron chi connectivity index (χ4n) is 5.42. The van der Waals surface area contributed by atoms with E-state index < -0.39 is 0 Å². The van der Waals surface area contributed by atoms with Crippen LogP contribution in [0.25, 0.3) is 32.7 Å². The monoisotopic (exact) mass is 434 g/mol. The van der Waals surface area contributed by atoms with E-state index >= 15 is 0 Å². The summed E-state index contributed by atoms with van der Waals surface area (Å²) >= 11 is 0. The summed E-state index contributed by atoms with van der Waals surface area (Å²) in [5.74, 6) is 1.97. The van der Waals surface area contributed by atoms with Gasteiger partial charge in [0.25, 0.3) is 0 Å². The van der Waals surface area contributed by atoms with E-state index in [4.69, 9.17) is 4.74 Å². The second kappa shape index (κ2) is 7.60. The average molecular weight is 435 g/mol. The lowest BCUT2D eigenvalue weighted by atomic mass is 9.78. The number of benzene rings is 6. The first-order valence-corrected chi connectivity index (χ1v) is 11.7. The molecule has 1 aliphatic heterocycles. The highest BCUT2D eigenvalue weighted by atomic mass is 16.5. The van der Waals surface area contributed by atoms with Crippen LogP contribution in [0.2, 0.25) is 0 Å². The highest BCUT2D eigenvalue weighted by Gasteiger charge is 2.32. The molecular formula is C33H22O. The van der Waals surface area contributed by atoms with Crippen molar-refractivity contribution in [3.05, 3.63) is 144 Å². The highest BCUT2D eigenvalue weighted by Crippen LogP contribution is 2.52. The fraction of sp³-hybridized carbons (Fsp3) is 0.0303. The van der Waals surface area contributed by atoms with Gasteiger partial charge in [0.15, 0.2) is 0 Å². The topological polar surface area (TPSA) is 9.23 Å². The van der Waals surface area contributed by atoms with Crippen LogP contribution in [0.15, 0.2) is 127 Å². The van der Waals surface area contributed by atoms with E-state index in [-0.39, 0.29) is 5.92 Å². The van der Waals surface area contributed by atoms with Gasteiger partial charge < -0.3 is 4.74 Å². The van der Waals surface area contributed by atoms with Crippen LogP contribution < -0.4 is 4.74 Å². The van der Waals surface area contributed by atoms with Crippen LogP contribution in [0.3, 0.4) is 0 Å². The summed E-state index contributed by atoms with van der Waals surface area (Å²) in [6.45, 7) is 0. The minimum atomic E-state index is 0.0840. The van der Waals surface area contributed by atoms with Gasteiger partial charge in [-0.05, 0) is 50.4 Å². The second-order valence-electron chi connectivity index (χ2n) is 8.92. The molecule has 0 radical (unpaired) electrons. The first-order valence-electron chi connectivity index (χ1n) is 11.7. The van der Waals surface area contributed by atoms with Crippen molar-refractivity contribution in [3.63, 3.8) is 0 Å². The highest BCUT2D eigenvalue weighted by molar-refractivity contribution is 5.95. The normalized spacial score (nSPS) is 12.8. The molecule has 1 nitrogen and oxygen atoms in total. The van der Waals surface area contributed by atoms with Crippen molar-refractivity contribution >= 4 is 21.5 Å². The third-order valence-electron chi connectivity index (χ3n) is 7.01. The van der Waals surface area contributed by atoms with Gasteiger partial charge in [0, 0.05) is 17.0 Å². The Hall–Kier alpha value is -4.36. The van der Waals surface area contributed by atoms with Crippen LogP contribution in [-0.2, 0) is 0 Å². The molecule has 7 rings (SSSR count). The van der Waals surface area contributed by atoms with E-state index in [0.717, 1.165) is 11.5 Å². The van der Waals surface area contributed by atoms with E-state index in [1.54, 1.807) is 0 Å². The third kappa shape index (κ3) is 2.94. The zero-order valence-corrected chi connectivity index (χ0v) is 18.6. The molecule has 0 spiro atoms. The van der Waals surface area contributed by atoms with Crippen molar-refractivity contribution in [2.75, 3.05) is 0 Å². The Kier molecular flexibility index (Phi) is 4.28. The molecule has 0 amide bonds. The minimum absolute atomic E-state index is 0.0840. The van der Waals surface area contributed by atoms with Gasteiger partial charge in [-0.3, -0.25) is 0 Å². The molecule has 6 aromatic carbocycles. The summed E-state index contributed by atoms with van der Waals surface area (Å²) in [5, 5.41) is 4.96. The maximum atomic E-state index is 6.54. The molecule has 160 valence electrons. The Labute approximate surface area is 198 Å². The van der Waals surface area contributed by atoms with Crippen molar-refractivity contribution < 1.29 is 4.74 Å². The molecule has 0 bridgehead atoms. The van der Waals surface area contributed by atoms with Crippen LogP contribution in [0.1, 0.15) is 22.6 Å². The molecule has 1 heterocycles. The lowest BCUT2D eigenvalue weighted by molar-refractivity contribution is 0.456. The Morgan fingerprint density at radius 1 is 0.412 bits per heavy atom. The second-order valence-corrected chi connectivity index (χ2v) is 8.92. The molecule has 0 saturated heterocycles. The molecule has 0 aromatic heterocycles. The molecular weight excluding hydrogens is 412 g/mol. The van der Waals surface area contributed by atoms with E-state index in [1.165, 1.54) is 49.4 Å². The van der Waals surface area contributed by atoms with Gasteiger partial charge in [0.1, 0.15) is 11.5 Å². The van der Waals surface area contributed by atoms with Crippen molar-refractivity contribution in [2.24, 2.45) is 0 Å². The first-order chi connectivity index (χ1) is 16.9. The van der Waals surface area contributed by atoms with Crippen LogP contribution in [0.4, 0.5) is 0 Å².